The SMILES string of the molecule is O=C(CCc1ccc2c(c1)OCO2)NCc1nc(-c2ccc(Cl)cc2)no1. The molecule has 0 saturated carbocycles. The summed E-state index contributed by atoms with van der Waals surface area (Å²) in [6.07, 6.45) is 0.945. The first-order valence-electron chi connectivity index (χ1n) is 8.41. The third-order valence-corrected chi connectivity index (χ3v) is 4.34. The maximum Gasteiger partial charge on any atom is 0.246 e. The fourth-order valence-electron chi connectivity index (χ4n) is 2.66. The highest BCUT2D eigenvalue weighted by Crippen LogP contribution is 2.32. The van der Waals surface area contributed by atoms with E-state index in [2.05, 4.69) is 15.5 Å². The summed E-state index contributed by atoms with van der Waals surface area (Å²) in [6, 6.07) is 12.8. The predicted octanol–water partition coefficient (Wildman–Crippen LogP) is 3.37. The second kappa shape index (κ2) is 7.67. The van der Waals surface area contributed by atoms with Gasteiger partial charge in [0.15, 0.2) is 11.5 Å². The third-order valence-electron chi connectivity index (χ3n) is 4.09. The second-order valence-electron chi connectivity index (χ2n) is 5.98. The van der Waals surface area contributed by atoms with Crippen molar-refractivity contribution in [2.24, 2.45) is 0 Å². The summed E-state index contributed by atoms with van der Waals surface area (Å²) in [5.74, 6) is 2.15. The number of nitrogens with zero attached hydrogens (tertiary/aromatic N) is 2. The van der Waals surface area contributed by atoms with Crippen molar-refractivity contribution in [3.05, 3.63) is 58.9 Å². The van der Waals surface area contributed by atoms with Crippen LogP contribution >= 0.6 is 11.6 Å². The Bertz CT molecular complexity index is 956. The lowest BCUT2D eigenvalue weighted by molar-refractivity contribution is -0.121. The molecule has 0 bridgehead atoms. The van der Waals surface area contributed by atoms with Crippen molar-refractivity contribution in [2.45, 2.75) is 19.4 Å². The Morgan fingerprint density at radius 3 is 2.78 bits per heavy atom. The van der Waals surface area contributed by atoms with E-state index in [1.807, 2.05) is 18.2 Å². The molecular weight excluding hydrogens is 370 g/mol. The minimum atomic E-state index is -0.0982. The highest BCUT2D eigenvalue weighted by molar-refractivity contribution is 6.30. The molecule has 138 valence electrons. The molecule has 1 aliphatic heterocycles. The van der Waals surface area contributed by atoms with Crippen molar-refractivity contribution in [1.82, 2.24) is 15.5 Å². The molecule has 2 aromatic carbocycles. The number of nitrogens with one attached hydrogen (secondary N) is 1. The summed E-state index contributed by atoms with van der Waals surface area (Å²) in [7, 11) is 0. The van der Waals surface area contributed by atoms with Gasteiger partial charge in [0.05, 0.1) is 6.54 Å². The van der Waals surface area contributed by atoms with Gasteiger partial charge in [0.2, 0.25) is 24.4 Å². The molecule has 27 heavy (non-hydrogen) atoms. The smallest absolute Gasteiger partial charge is 0.246 e. The fraction of sp³-hybridized carbons (Fsp3) is 0.211. The molecule has 7 nitrogen and oxygen atoms in total. The van der Waals surface area contributed by atoms with Crippen LogP contribution < -0.4 is 14.8 Å². The maximum atomic E-state index is 12.1. The van der Waals surface area contributed by atoms with E-state index in [0.29, 0.717) is 35.3 Å². The number of halogens is 1. The molecule has 1 aliphatic rings. The van der Waals surface area contributed by atoms with Gasteiger partial charge in [-0.25, -0.2) is 0 Å². The number of benzene rings is 2. The number of aromatic nitrogens is 2. The van der Waals surface area contributed by atoms with Gasteiger partial charge in [-0.3, -0.25) is 4.79 Å². The summed E-state index contributed by atoms with van der Waals surface area (Å²) < 4.78 is 15.8. The summed E-state index contributed by atoms with van der Waals surface area (Å²) in [5, 5.41) is 7.33. The molecule has 0 fully saturated rings. The summed E-state index contributed by atoms with van der Waals surface area (Å²) in [4.78, 5) is 16.3. The topological polar surface area (TPSA) is 86.5 Å². The van der Waals surface area contributed by atoms with Crippen molar-refractivity contribution in [2.75, 3.05) is 6.79 Å². The van der Waals surface area contributed by atoms with Gasteiger partial charge in [-0.1, -0.05) is 22.8 Å². The average Bonchev–Trinajstić information content (AvgIpc) is 3.34. The van der Waals surface area contributed by atoms with E-state index in [1.165, 1.54) is 0 Å². The van der Waals surface area contributed by atoms with Crippen molar-refractivity contribution in [3.63, 3.8) is 0 Å². The number of hydrogen-bond donors (Lipinski definition) is 1. The number of hydrogen-bond acceptors (Lipinski definition) is 6. The molecule has 0 spiro atoms. The normalized spacial score (nSPS) is 12.2. The molecule has 2 heterocycles. The number of rotatable bonds is 6. The van der Waals surface area contributed by atoms with Crippen LogP contribution in [0, 0.1) is 0 Å². The van der Waals surface area contributed by atoms with Crippen LogP contribution in [0.3, 0.4) is 0 Å². The van der Waals surface area contributed by atoms with Crippen molar-refractivity contribution < 1.29 is 18.8 Å². The summed E-state index contributed by atoms with van der Waals surface area (Å²) in [5.41, 5.74) is 1.81. The van der Waals surface area contributed by atoms with E-state index in [0.717, 1.165) is 16.9 Å². The zero-order valence-corrected chi connectivity index (χ0v) is 15.0. The first-order chi connectivity index (χ1) is 13.2. The van der Waals surface area contributed by atoms with Crippen LogP contribution in [0.1, 0.15) is 17.9 Å². The molecule has 0 radical (unpaired) electrons. The third kappa shape index (κ3) is 4.20. The lowest BCUT2D eigenvalue weighted by atomic mass is 10.1. The van der Waals surface area contributed by atoms with Crippen molar-refractivity contribution in [3.8, 4) is 22.9 Å². The highest BCUT2D eigenvalue weighted by atomic mass is 35.5. The van der Waals surface area contributed by atoms with Gasteiger partial charge in [0.25, 0.3) is 0 Å². The van der Waals surface area contributed by atoms with Crippen LogP contribution in [0.15, 0.2) is 47.0 Å². The summed E-state index contributed by atoms with van der Waals surface area (Å²) >= 11 is 5.87. The lowest BCUT2D eigenvalue weighted by Crippen LogP contribution is -2.23. The predicted molar refractivity (Wildman–Crippen MR) is 97.5 cm³/mol. The van der Waals surface area contributed by atoms with Gasteiger partial charge in [-0.15, -0.1) is 0 Å². The van der Waals surface area contributed by atoms with Gasteiger partial charge in [-0.2, -0.15) is 4.98 Å². The Kier molecular flexibility index (Phi) is 4.93. The molecule has 0 atom stereocenters. The number of amides is 1. The molecule has 0 unspecified atom stereocenters. The Labute approximate surface area is 160 Å². The molecule has 3 aromatic rings. The standard InChI is InChI=1S/C19H16ClN3O4/c20-14-5-3-13(4-6-14)19-22-18(27-23-19)10-21-17(24)8-2-12-1-7-15-16(9-12)26-11-25-15/h1,3-7,9H,2,8,10-11H2,(H,21,24). The first kappa shape index (κ1) is 17.4. The quantitative estimate of drug-likeness (QED) is 0.700. The zero-order valence-electron chi connectivity index (χ0n) is 14.3. The molecule has 1 amide bonds. The Hall–Kier alpha value is -3.06. The van der Waals surface area contributed by atoms with Crippen LogP contribution in [-0.2, 0) is 17.8 Å². The van der Waals surface area contributed by atoms with Gasteiger partial charge in [0.1, 0.15) is 0 Å². The van der Waals surface area contributed by atoms with E-state index < -0.39 is 0 Å². The van der Waals surface area contributed by atoms with E-state index in [1.54, 1.807) is 24.3 Å². The van der Waals surface area contributed by atoms with Gasteiger partial charge in [-0.05, 0) is 48.4 Å². The monoisotopic (exact) mass is 385 g/mol. The Morgan fingerprint density at radius 1 is 1.11 bits per heavy atom. The zero-order chi connectivity index (χ0) is 18.6. The van der Waals surface area contributed by atoms with E-state index in [-0.39, 0.29) is 19.2 Å². The number of fused-ring (bicyclic) bond motifs is 1. The molecule has 1 N–H and O–H groups in total. The molecular formula is C19H16ClN3O4. The van der Waals surface area contributed by atoms with E-state index >= 15 is 0 Å². The van der Waals surface area contributed by atoms with E-state index in [9.17, 15) is 4.79 Å². The molecule has 0 aliphatic carbocycles. The highest BCUT2D eigenvalue weighted by Gasteiger charge is 2.14. The first-order valence-corrected chi connectivity index (χ1v) is 8.79. The van der Waals surface area contributed by atoms with E-state index in [4.69, 9.17) is 25.6 Å². The number of carbonyl (C=O) groups excluding carboxylic acids is 1. The number of carbonyl (C=O) groups is 1. The Morgan fingerprint density at radius 2 is 1.93 bits per heavy atom. The van der Waals surface area contributed by atoms with Crippen LogP contribution in [0.2, 0.25) is 5.02 Å². The van der Waals surface area contributed by atoms with Gasteiger partial charge < -0.3 is 19.3 Å². The molecule has 8 heteroatoms. The number of aryl methyl sites for hydroxylation is 1. The van der Waals surface area contributed by atoms with Gasteiger partial charge >= 0.3 is 0 Å². The maximum absolute atomic E-state index is 12.1. The van der Waals surface area contributed by atoms with Crippen LogP contribution in [0.4, 0.5) is 0 Å². The summed E-state index contributed by atoms with van der Waals surface area (Å²) in [6.45, 7) is 0.419. The fourth-order valence-corrected chi connectivity index (χ4v) is 2.79. The molecule has 4 rings (SSSR count). The van der Waals surface area contributed by atoms with Crippen LogP contribution in [0.5, 0.6) is 11.5 Å². The van der Waals surface area contributed by atoms with Crippen LogP contribution in [0.25, 0.3) is 11.4 Å². The van der Waals surface area contributed by atoms with Crippen LogP contribution in [-0.4, -0.2) is 22.8 Å². The lowest BCUT2D eigenvalue weighted by Gasteiger charge is -2.04. The minimum Gasteiger partial charge on any atom is -0.454 e. The van der Waals surface area contributed by atoms with Gasteiger partial charge in [0, 0.05) is 17.0 Å². The minimum absolute atomic E-state index is 0.0982. The second-order valence-corrected chi connectivity index (χ2v) is 6.42. The largest absolute Gasteiger partial charge is 0.454 e. The number of ether oxygens (including phenoxy) is 2. The Balaban J connectivity index is 1.27. The molecule has 1 aromatic heterocycles. The van der Waals surface area contributed by atoms with Crippen molar-refractivity contribution >= 4 is 17.5 Å². The average molecular weight is 386 g/mol. The molecule has 0 saturated heterocycles. The van der Waals surface area contributed by atoms with Crippen molar-refractivity contribution in [1.29, 1.82) is 0 Å².